The molecular formula is C17H14BrN3O3S2. The van der Waals surface area contributed by atoms with Crippen LogP contribution in [0.4, 0.5) is 0 Å². The fourth-order valence-corrected chi connectivity index (χ4v) is 4.32. The second kappa shape index (κ2) is 7.28. The summed E-state index contributed by atoms with van der Waals surface area (Å²) in [6.45, 7) is 4.16. The number of hydrogen-bond acceptors (Lipinski definition) is 4. The predicted octanol–water partition coefficient (Wildman–Crippen LogP) is 3.04. The van der Waals surface area contributed by atoms with Crippen LogP contribution in [-0.2, 0) is 16.6 Å². The molecule has 0 radical (unpaired) electrons. The van der Waals surface area contributed by atoms with Crippen molar-refractivity contribution < 1.29 is 13.2 Å². The first-order chi connectivity index (χ1) is 12.3. The van der Waals surface area contributed by atoms with E-state index in [1.54, 1.807) is 41.0 Å². The van der Waals surface area contributed by atoms with Crippen molar-refractivity contribution in [2.24, 2.45) is 10.1 Å². The summed E-state index contributed by atoms with van der Waals surface area (Å²) < 4.78 is 26.5. The number of fused-ring (bicyclic) bond motifs is 1. The van der Waals surface area contributed by atoms with Crippen molar-refractivity contribution in [2.75, 3.05) is 0 Å². The summed E-state index contributed by atoms with van der Waals surface area (Å²) in [7, 11) is -3.81. The van der Waals surface area contributed by atoms with Crippen LogP contribution >= 0.6 is 27.3 Å². The van der Waals surface area contributed by atoms with Crippen LogP contribution in [0.15, 0.2) is 69.5 Å². The minimum atomic E-state index is -3.81. The zero-order chi connectivity index (χ0) is 18.9. The standard InChI is InChI=1S/C17H14BrN3O3S2/c1-2-9-21-14-8-7-13(26(19,23)24)10-15(14)25-17(21)20-16(22)11-3-5-12(18)6-4-11/h2-8,10H,1,9H2,(H2,19,23,24). The number of hydrogen-bond donors (Lipinski definition) is 1. The summed E-state index contributed by atoms with van der Waals surface area (Å²) in [6.07, 6.45) is 1.68. The molecule has 134 valence electrons. The summed E-state index contributed by atoms with van der Waals surface area (Å²) in [4.78, 5) is 17.1. The Kier molecular flexibility index (Phi) is 5.24. The maximum atomic E-state index is 12.5. The zero-order valence-corrected chi connectivity index (χ0v) is 16.6. The molecule has 2 aromatic carbocycles. The van der Waals surface area contributed by atoms with E-state index in [0.717, 1.165) is 9.99 Å². The lowest BCUT2D eigenvalue weighted by molar-refractivity contribution is 0.0998. The number of amides is 1. The third kappa shape index (κ3) is 3.85. The van der Waals surface area contributed by atoms with E-state index in [9.17, 15) is 13.2 Å². The molecule has 2 N–H and O–H groups in total. The molecule has 3 rings (SSSR count). The van der Waals surface area contributed by atoms with Gasteiger partial charge in [-0.2, -0.15) is 4.99 Å². The molecule has 1 heterocycles. The first kappa shape index (κ1) is 18.7. The normalized spacial score (nSPS) is 12.5. The van der Waals surface area contributed by atoms with E-state index in [4.69, 9.17) is 5.14 Å². The molecule has 0 unspecified atom stereocenters. The number of rotatable bonds is 4. The van der Waals surface area contributed by atoms with E-state index in [1.165, 1.54) is 23.5 Å². The maximum Gasteiger partial charge on any atom is 0.279 e. The lowest BCUT2D eigenvalue weighted by atomic mass is 10.2. The number of carbonyl (C=O) groups excluding carboxylic acids is 1. The van der Waals surface area contributed by atoms with Crippen molar-refractivity contribution in [1.29, 1.82) is 0 Å². The Hall–Kier alpha value is -2.07. The summed E-state index contributed by atoms with van der Waals surface area (Å²) in [6, 6.07) is 11.5. The van der Waals surface area contributed by atoms with Gasteiger partial charge in [-0.05, 0) is 42.5 Å². The quantitative estimate of drug-likeness (QED) is 0.617. The monoisotopic (exact) mass is 451 g/mol. The van der Waals surface area contributed by atoms with Gasteiger partial charge in [0.05, 0.1) is 15.1 Å². The van der Waals surface area contributed by atoms with E-state index in [1.807, 2.05) is 0 Å². The van der Waals surface area contributed by atoms with Crippen molar-refractivity contribution in [2.45, 2.75) is 11.4 Å². The number of aromatic nitrogens is 1. The fourth-order valence-electron chi connectivity index (χ4n) is 2.37. The Balaban J connectivity index is 2.17. The van der Waals surface area contributed by atoms with Crippen LogP contribution in [0.25, 0.3) is 10.2 Å². The molecule has 9 heteroatoms. The highest BCUT2D eigenvalue weighted by molar-refractivity contribution is 9.10. The number of nitrogens with two attached hydrogens (primary N) is 1. The van der Waals surface area contributed by atoms with E-state index >= 15 is 0 Å². The number of sulfonamides is 1. The molecule has 0 saturated heterocycles. The van der Waals surface area contributed by atoms with Crippen LogP contribution in [-0.4, -0.2) is 18.9 Å². The molecule has 0 fully saturated rings. The number of thiazole rings is 1. The number of halogens is 1. The molecule has 3 aromatic rings. The van der Waals surface area contributed by atoms with Crippen LogP contribution in [0.3, 0.4) is 0 Å². The Labute approximate surface area is 162 Å². The van der Waals surface area contributed by atoms with Crippen LogP contribution in [0.1, 0.15) is 10.4 Å². The highest BCUT2D eigenvalue weighted by atomic mass is 79.9. The van der Waals surface area contributed by atoms with Gasteiger partial charge in [-0.25, -0.2) is 13.6 Å². The van der Waals surface area contributed by atoms with Gasteiger partial charge in [0.15, 0.2) is 4.80 Å². The van der Waals surface area contributed by atoms with Crippen LogP contribution in [0.2, 0.25) is 0 Å². The lowest BCUT2D eigenvalue weighted by Crippen LogP contribution is -2.16. The zero-order valence-electron chi connectivity index (χ0n) is 13.4. The van der Waals surface area contributed by atoms with Crippen molar-refractivity contribution >= 4 is 53.4 Å². The molecule has 0 aliphatic carbocycles. The number of allylic oxidation sites excluding steroid dienone is 1. The van der Waals surface area contributed by atoms with Crippen molar-refractivity contribution in [3.63, 3.8) is 0 Å². The van der Waals surface area contributed by atoms with Crippen LogP contribution in [0, 0.1) is 0 Å². The molecule has 6 nitrogen and oxygen atoms in total. The molecule has 0 spiro atoms. The molecule has 1 aromatic heterocycles. The topological polar surface area (TPSA) is 94.5 Å². The average molecular weight is 452 g/mol. The van der Waals surface area contributed by atoms with E-state index in [2.05, 4.69) is 27.5 Å². The third-order valence-corrected chi connectivity index (χ3v) is 6.06. The highest BCUT2D eigenvalue weighted by Crippen LogP contribution is 2.21. The predicted molar refractivity (Wildman–Crippen MR) is 105 cm³/mol. The Bertz CT molecular complexity index is 1180. The van der Waals surface area contributed by atoms with Gasteiger partial charge in [-0.3, -0.25) is 4.79 Å². The van der Waals surface area contributed by atoms with E-state index in [0.29, 0.717) is 21.6 Å². The average Bonchev–Trinajstić information content (AvgIpc) is 2.92. The fraction of sp³-hybridized carbons (Fsp3) is 0.0588. The van der Waals surface area contributed by atoms with E-state index in [-0.39, 0.29) is 10.8 Å². The molecule has 26 heavy (non-hydrogen) atoms. The molecule has 0 atom stereocenters. The summed E-state index contributed by atoms with van der Waals surface area (Å²) in [5, 5.41) is 5.19. The second-order valence-electron chi connectivity index (χ2n) is 5.38. The molecule has 0 aliphatic rings. The minimum absolute atomic E-state index is 0.0165. The Morgan fingerprint density at radius 3 is 2.58 bits per heavy atom. The summed E-state index contributed by atoms with van der Waals surface area (Å²) in [5.74, 6) is -0.381. The minimum Gasteiger partial charge on any atom is -0.312 e. The van der Waals surface area contributed by atoms with Crippen molar-refractivity contribution in [3.8, 4) is 0 Å². The number of benzene rings is 2. The van der Waals surface area contributed by atoms with Crippen molar-refractivity contribution in [1.82, 2.24) is 4.57 Å². The number of nitrogens with zero attached hydrogens (tertiary/aromatic N) is 2. The van der Waals surface area contributed by atoms with Gasteiger partial charge in [-0.15, -0.1) is 6.58 Å². The van der Waals surface area contributed by atoms with Gasteiger partial charge >= 0.3 is 0 Å². The molecule has 1 amide bonds. The van der Waals surface area contributed by atoms with Crippen molar-refractivity contribution in [3.05, 3.63) is 70.0 Å². The molecular weight excluding hydrogens is 438 g/mol. The first-order valence-electron chi connectivity index (χ1n) is 7.41. The highest BCUT2D eigenvalue weighted by Gasteiger charge is 2.13. The first-order valence-corrected chi connectivity index (χ1v) is 10.6. The third-order valence-electron chi connectivity index (χ3n) is 3.58. The van der Waals surface area contributed by atoms with Crippen LogP contribution in [0.5, 0.6) is 0 Å². The van der Waals surface area contributed by atoms with Gasteiger partial charge in [0.25, 0.3) is 5.91 Å². The number of primary sulfonamides is 1. The summed E-state index contributed by atoms with van der Waals surface area (Å²) in [5.41, 5.74) is 1.21. The molecule has 0 saturated carbocycles. The Morgan fingerprint density at radius 2 is 1.96 bits per heavy atom. The maximum absolute atomic E-state index is 12.5. The lowest BCUT2D eigenvalue weighted by Gasteiger charge is -2.02. The number of carbonyl (C=O) groups is 1. The van der Waals surface area contributed by atoms with Gasteiger partial charge in [0, 0.05) is 16.6 Å². The van der Waals surface area contributed by atoms with Gasteiger partial charge in [-0.1, -0.05) is 33.3 Å². The van der Waals surface area contributed by atoms with Gasteiger partial charge in [0.2, 0.25) is 10.0 Å². The summed E-state index contributed by atoms with van der Waals surface area (Å²) >= 11 is 4.54. The molecule has 0 aliphatic heterocycles. The SMILES string of the molecule is C=CCn1c(=NC(=O)c2ccc(Br)cc2)sc2cc(S(N)(=O)=O)ccc21. The van der Waals surface area contributed by atoms with Gasteiger partial charge in [0.1, 0.15) is 0 Å². The van der Waals surface area contributed by atoms with Crippen LogP contribution < -0.4 is 9.94 Å². The van der Waals surface area contributed by atoms with E-state index < -0.39 is 10.0 Å². The largest absolute Gasteiger partial charge is 0.312 e. The van der Waals surface area contributed by atoms with Gasteiger partial charge < -0.3 is 4.57 Å². The smallest absolute Gasteiger partial charge is 0.279 e. The second-order valence-corrected chi connectivity index (χ2v) is 8.87. The Morgan fingerprint density at radius 1 is 1.27 bits per heavy atom. The molecule has 0 bridgehead atoms.